The minimum atomic E-state index is -0.653. The first kappa shape index (κ1) is 12.7. The topological polar surface area (TPSA) is 26.0 Å². The molecule has 0 radical (unpaired) electrons. The Labute approximate surface area is 105 Å². The lowest BCUT2D eigenvalue weighted by atomic mass is 9.97. The highest BCUT2D eigenvalue weighted by Crippen LogP contribution is 2.24. The van der Waals surface area contributed by atoms with Crippen LogP contribution < -0.4 is 5.73 Å². The van der Waals surface area contributed by atoms with Crippen molar-refractivity contribution >= 4 is 0 Å². The molecule has 0 fully saturated rings. The Bertz CT molecular complexity index is 579. The number of hydrogen-bond donors (Lipinski definition) is 1. The molecule has 1 unspecified atom stereocenters. The molecule has 1 atom stereocenters. The van der Waals surface area contributed by atoms with Crippen LogP contribution in [0.3, 0.4) is 0 Å². The van der Waals surface area contributed by atoms with Gasteiger partial charge in [0.1, 0.15) is 11.6 Å². The first-order valence-electron chi connectivity index (χ1n) is 5.76. The van der Waals surface area contributed by atoms with Gasteiger partial charge in [0.2, 0.25) is 0 Å². The molecule has 2 aromatic carbocycles. The molecular weight excluding hydrogens is 232 g/mol. The Morgan fingerprint density at radius 2 is 1.67 bits per heavy atom. The van der Waals surface area contributed by atoms with E-state index in [1.807, 2.05) is 6.92 Å². The average molecular weight is 247 g/mol. The summed E-state index contributed by atoms with van der Waals surface area (Å²) in [6, 6.07) is 8.85. The molecule has 0 aliphatic heterocycles. The minimum absolute atomic E-state index is 0.323. The van der Waals surface area contributed by atoms with Gasteiger partial charge < -0.3 is 5.73 Å². The Balaban J connectivity index is 2.44. The number of benzene rings is 2. The molecule has 0 aliphatic carbocycles. The molecule has 0 aliphatic rings. The van der Waals surface area contributed by atoms with Gasteiger partial charge in [0.25, 0.3) is 0 Å². The maximum atomic E-state index is 13.7. The molecule has 18 heavy (non-hydrogen) atoms. The summed E-state index contributed by atoms with van der Waals surface area (Å²) >= 11 is 0. The molecule has 2 rings (SSSR count). The van der Waals surface area contributed by atoms with Crippen molar-refractivity contribution in [3.63, 3.8) is 0 Å². The zero-order chi connectivity index (χ0) is 13.3. The van der Waals surface area contributed by atoms with Crippen molar-refractivity contribution in [1.82, 2.24) is 0 Å². The van der Waals surface area contributed by atoms with Crippen LogP contribution in [-0.2, 0) is 0 Å². The van der Waals surface area contributed by atoms with Gasteiger partial charge in [-0.05, 0) is 37.1 Å². The van der Waals surface area contributed by atoms with Crippen LogP contribution in [0.4, 0.5) is 8.78 Å². The van der Waals surface area contributed by atoms with E-state index in [-0.39, 0.29) is 11.6 Å². The summed E-state index contributed by atoms with van der Waals surface area (Å²) < 4.78 is 27.2. The third-order valence-corrected chi connectivity index (χ3v) is 3.04. The molecule has 0 heterocycles. The fourth-order valence-electron chi connectivity index (χ4n) is 1.88. The fourth-order valence-corrected chi connectivity index (χ4v) is 1.88. The van der Waals surface area contributed by atoms with Crippen LogP contribution in [0.1, 0.15) is 28.3 Å². The van der Waals surface area contributed by atoms with E-state index in [4.69, 9.17) is 5.73 Å². The molecule has 2 aromatic rings. The van der Waals surface area contributed by atoms with Crippen molar-refractivity contribution in [2.24, 2.45) is 5.73 Å². The lowest BCUT2D eigenvalue weighted by Gasteiger charge is -2.15. The molecule has 3 heteroatoms. The van der Waals surface area contributed by atoms with E-state index in [0.29, 0.717) is 16.7 Å². The monoisotopic (exact) mass is 247 g/mol. The molecule has 0 aromatic heterocycles. The van der Waals surface area contributed by atoms with E-state index < -0.39 is 6.04 Å². The number of nitrogens with two attached hydrogens (primary N) is 1. The first-order valence-corrected chi connectivity index (χ1v) is 5.76. The van der Waals surface area contributed by atoms with Crippen molar-refractivity contribution in [3.8, 4) is 0 Å². The standard InChI is InChI=1S/C15H15F2N/c1-9-3-6-13(16)12(7-9)15(18)11-5-4-10(2)14(17)8-11/h3-8,15H,18H2,1-2H3. The molecule has 0 saturated carbocycles. The zero-order valence-electron chi connectivity index (χ0n) is 10.4. The summed E-state index contributed by atoms with van der Waals surface area (Å²) in [7, 11) is 0. The van der Waals surface area contributed by atoms with E-state index in [9.17, 15) is 8.78 Å². The molecule has 0 spiro atoms. The van der Waals surface area contributed by atoms with Crippen LogP contribution in [0.25, 0.3) is 0 Å². The van der Waals surface area contributed by atoms with Gasteiger partial charge in [0, 0.05) is 5.56 Å². The van der Waals surface area contributed by atoms with Gasteiger partial charge in [-0.3, -0.25) is 0 Å². The molecule has 2 N–H and O–H groups in total. The van der Waals surface area contributed by atoms with Gasteiger partial charge in [-0.1, -0.05) is 29.8 Å². The van der Waals surface area contributed by atoms with Crippen LogP contribution >= 0.6 is 0 Å². The number of rotatable bonds is 2. The summed E-state index contributed by atoms with van der Waals surface area (Å²) in [5.74, 6) is -0.690. The third-order valence-electron chi connectivity index (χ3n) is 3.04. The van der Waals surface area contributed by atoms with E-state index in [0.717, 1.165) is 5.56 Å². The Kier molecular flexibility index (Phi) is 3.43. The lowest BCUT2D eigenvalue weighted by molar-refractivity contribution is 0.593. The van der Waals surface area contributed by atoms with Crippen LogP contribution in [0, 0.1) is 25.5 Å². The fraction of sp³-hybridized carbons (Fsp3) is 0.200. The second-order valence-electron chi connectivity index (χ2n) is 4.51. The Morgan fingerprint density at radius 1 is 0.944 bits per heavy atom. The SMILES string of the molecule is Cc1ccc(F)c(C(N)c2ccc(C)c(F)c2)c1. The summed E-state index contributed by atoms with van der Waals surface area (Å²) in [4.78, 5) is 0. The highest BCUT2D eigenvalue weighted by atomic mass is 19.1. The van der Waals surface area contributed by atoms with Gasteiger partial charge >= 0.3 is 0 Å². The molecule has 94 valence electrons. The highest BCUT2D eigenvalue weighted by molar-refractivity contribution is 5.36. The summed E-state index contributed by atoms with van der Waals surface area (Å²) in [6.45, 7) is 3.54. The Morgan fingerprint density at radius 3 is 2.33 bits per heavy atom. The predicted molar refractivity (Wildman–Crippen MR) is 68.3 cm³/mol. The third kappa shape index (κ3) is 2.41. The van der Waals surface area contributed by atoms with E-state index in [1.54, 1.807) is 31.2 Å². The number of halogens is 2. The van der Waals surface area contributed by atoms with Crippen molar-refractivity contribution in [2.75, 3.05) is 0 Å². The largest absolute Gasteiger partial charge is 0.320 e. The summed E-state index contributed by atoms with van der Waals surface area (Å²) in [6.07, 6.45) is 0. The van der Waals surface area contributed by atoms with Crippen LogP contribution in [0.15, 0.2) is 36.4 Å². The van der Waals surface area contributed by atoms with Gasteiger partial charge in [0.05, 0.1) is 6.04 Å². The van der Waals surface area contributed by atoms with Gasteiger partial charge in [0.15, 0.2) is 0 Å². The Hall–Kier alpha value is -1.74. The number of hydrogen-bond acceptors (Lipinski definition) is 1. The highest BCUT2D eigenvalue weighted by Gasteiger charge is 2.14. The molecule has 0 amide bonds. The smallest absolute Gasteiger partial charge is 0.128 e. The number of aryl methyl sites for hydroxylation is 2. The predicted octanol–water partition coefficient (Wildman–Crippen LogP) is 3.63. The van der Waals surface area contributed by atoms with Crippen molar-refractivity contribution in [3.05, 3.63) is 70.3 Å². The van der Waals surface area contributed by atoms with Crippen LogP contribution in [-0.4, -0.2) is 0 Å². The van der Waals surface area contributed by atoms with Crippen molar-refractivity contribution in [2.45, 2.75) is 19.9 Å². The van der Waals surface area contributed by atoms with Crippen LogP contribution in [0.5, 0.6) is 0 Å². The molecule has 1 nitrogen and oxygen atoms in total. The maximum Gasteiger partial charge on any atom is 0.128 e. The maximum absolute atomic E-state index is 13.7. The average Bonchev–Trinajstić information content (AvgIpc) is 2.35. The molecular formula is C15H15F2N. The van der Waals surface area contributed by atoms with Gasteiger partial charge in [-0.2, -0.15) is 0 Å². The molecule has 0 saturated heterocycles. The normalized spacial score (nSPS) is 12.5. The van der Waals surface area contributed by atoms with Crippen LogP contribution in [0.2, 0.25) is 0 Å². The quantitative estimate of drug-likeness (QED) is 0.861. The second-order valence-corrected chi connectivity index (χ2v) is 4.51. The summed E-state index contributed by atoms with van der Waals surface area (Å²) in [5, 5.41) is 0. The lowest BCUT2D eigenvalue weighted by Crippen LogP contribution is -2.14. The minimum Gasteiger partial charge on any atom is -0.320 e. The first-order chi connectivity index (χ1) is 8.49. The molecule has 0 bridgehead atoms. The summed E-state index contributed by atoms with van der Waals surface area (Å²) in [5.41, 5.74) is 8.43. The van der Waals surface area contributed by atoms with Gasteiger partial charge in [-0.15, -0.1) is 0 Å². The van der Waals surface area contributed by atoms with Gasteiger partial charge in [-0.25, -0.2) is 8.78 Å². The van der Waals surface area contributed by atoms with Crippen molar-refractivity contribution in [1.29, 1.82) is 0 Å². The van der Waals surface area contributed by atoms with E-state index >= 15 is 0 Å². The van der Waals surface area contributed by atoms with Crippen molar-refractivity contribution < 1.29 is 8.78 Å². The van der Waals surface area contributed by atoms with E-state index in [1.165, 1.54) is 12.1 Å². The second kappa shape index (κ2) is 4.86. The van der Waals surface area contributed by atoms with E-state index in [2.05, 4.69) is 0 Å². The zero-order valence-corrected chi connectivity index (χ0v) is 10.4.